The molecule has 7 heteroatoms. The summed E-state index contributed by atoms with van der Waals surface area (Å²) in [5.41, 5.74) is -1.63. The van der Waals surface area contributed by atoms with Gasteiger partial charge in [0.1, 0.15) is 11.4 Å². The minimum Gasteiger partial charge on any atom is -0.480 e. The van der Waals surface area contributed by atoms with Gasteiger partial charge in [0.2, 0.25) is 0 Å². The minimum absolute atomic E-state index is 0.164. The first-order chi connectivity index (χ1) is 12.1. The largest absolute Gasteiger partial charge is 0.480 e. The smallest absolute Gasteiger partial charge is 0.410 e. The Bertz CT molecular complexity index is 728. The molecule has 26 heavy (non-hydrogen) atoms. The van der Waals surface area contributed by atoms with E-state index in [0.29, 0.717) is 0 Å². The molecule has 0 saturated carbocycles. The van der Waals surface area contributed by atoms with Gasteiger partial charge in [0.15, 0.2) is 5.92 Å². The Hall–Kier alpha value is -2.62. The normalized spacial score (nSPS) is 17.9. The standard InChI is InChI=1S/C19H23FN2O4/c1-18(2,3)26-17(25)22-10-8-19(9-11-22,14(12-21)16(23)24)13-6-4-5-7-15(13)20/h4-7,14H,8-11H2,1-3H3,(H,23,24). The van der Waals surface area contributed by atoms with Crippen LogP contribution < -0.4 is 0 Å². The second kappa shape index (κ2) is 7.32. The van der Waals surface area contributed by atoms with Gasteiger partial charge < -0.3 is 14.7 Å². The Labute approximate surface area is 152 Å². The number of carboxylic acid groups (broad SMARTS) is 1. The summed E-state index contributed by atoms with van der Waals surface area (Å²) in [5.74, 6) is -3.23. The fourth-order valence-electron chi connectivity index (χ4n) is 3.41. The zero-order valence-electron chi connectivity index (χ0n) is 15.2. The van der Waals surface area contributed by atoms with E-state index in [2.05, 4.69) is 0 Å². The van der Waals surface area contributed by atoms with E-state index in [1.807, 2.05) is 6.07 Å². The van der Waals surface area contributed by atoms with Crippen LogP contribution in [0, 0.1) is 23.1 Å². The monoisotopic (exact) mass is 362 g/mol. The molecule has 1 heterocycles. The van der Waals surface area contributed by atoms with E-state index in [9.17, 15) is 24.3 Å². The molecular formula is C19H23FN2O4. The quantitative estimate of drug-likeness (QED) is 0.891. The summed E-state index contributed by atoms with van der Waals surface area (Å²) in [6.45, 7) is 5.65. The van der Waals surface area contributed by atoms with Crippen LogP contribution in [-0.2, 0) is 14.9 Å². The third-order valence-electron chi connectivity index (χ3n) is 4.65. The zero-order chi connectivity index (χ0) is 19.5. The summed E-state index contributed by atoms with van der Waals surface area (Å²) < 4.78 is 19.8. The van der Waals surface area contributed by atoms with Gasteiger partial charge in [-0.05, 0) is 45.2 Å². The predicted molar refractivity (Wildman–Crippen MR) is 91.9 cm³/mol. The van der Waals surface area contributed by atoms with Gasteiger partial charge in [-0.25, -0.2) is 9.18 Å². The van der Waals surface area contributed by atoms with Gasteiger partial charge in [0, 0.05) is 18.5 Å². The number of carboxylic acids is 1. The highest BCUT2D eigenvalue weighted by Gasteiger charge is 2.49. The fraction of sp³-hybridized carbons (Fsp3) is 0.526. The molecule has 1 unspecified atom stereocenters. The summed E-state index contributed by atoms with van der Waals surface area (Å²) in [6, 6.07) is 7.74. The van der Waals surface area contributed by atoms with Gasteiger partial charge in [0.25, 0.3) is 0 Å². The Morgan fingerprint density at radius 2 is 1.88 bits per heavy atom. The van der Waals surface area contributed by atoms with E-state index >= 15 is 0 Å². The predicted octanol–water partition coefficient (Wildman–Crippen LogP) is 3.32. The number of benzene rings is 1. The molecule has 1 amide bonds. The van der Waals surface area contributed by atoms with Crippen LogP contribution in [-0.4, -0.2) is 40.8 Å². The molecule has 1 aromatic rings. The van der Waals surface area contributed by atoms with Crippen molar-refractivity contribution in [2.75, 3.05) is 13.1 Å². The number of hydrogen-bond acceptors (Lipinski definition) is 4. The van der Waals surface area contributed by atoms with Crippen molar-refractivity contribution < 1.29 is 23.8 Å². The van der Waals surface area contributed by atoms with Crippen molar-refractivity contribution in [3.63, 3.8) is 0 Å². The first kappa shape index (κ1) is 19.7. The van der Waals surface area contributed by atoms with Crippen LogP contribution in [0.4, 0.5) is 9.18 Å². The van der Waals surface area contributed by atoms with Crippen molar-refractivity contribution >= 4 is 12.1 Å². The summed E-state index contributed by atoms with van der Waals surface area (Å²) in [7, 11) is 0. The number of nitriles is 1. The molecule has 1 aromatic carbocycles. The molecule has 1 fully saturated rings. The molecule has 0 spiro atoms. The molecule has 1 N–H and O–H groups in total. The average molecular weight is 362 g/mol. The molecule has 1 saturated heterocycles. The van der Waals surface area contributed by atoms with Crippen LogP contribution in [0.25, 0.3) is 0 Å². The molecule has 0 radical (unpaired) electrons. The third-order valence-corrected chi connectivity index (χ3v) is 4.65. The van der Waals surface area contributed by atoms with Gasteiger partial charge in [-0.1, -0.05) is 18.2 Å². The SMILES string of the molecule is CC(C)(C)OC(=O)N1CCC(c2ccccc2F)(C(C#N)C(=O)O)CC1. The molecule has 0 aromatic heterocycles. The van der Waals surface area contributed by atoms with Crippen LogP contribution in [0.5, 0.6) is 0 Å². The van der Waals surface area contributed by atoms with Gasteiger partial charge in [-0.15, -0.1) is 0 Å². The Balaban J connectivity index is 2.33. The maximum absolute atomic E-state index is 14.4. The van der Waals surface area contributed by atoms with Crippen molar-refractivity contribution in [3.8, 4) is 6.07 Å². The van der Waals surface area contributed by atoms with Crippen LogP contribution in [0.2, 0.25) is 0 Å². The third kappa shape index (κ3) is 3.96. The molecule has 0 bridgehead atoms. The van der Waals surface area contributed by atoms with Crippen LogP contribution in [0.15, 0.2) is 24.3 Å². The number of hydrogen-bond donors (Lipinski definition) is 1. The van der Waals surface area contributed by atoms with Crippen molar-refractivity contribution in [1.82, 2.24) is 4.90 Å². The first-order valence-corrected chi connectivity index (χ1v) is 8.46. The molecule has 1 atom stereocenters. The highest BCUT2D eigenvalue weighted by Crippen LogP contribution is 2.43. The molecule has 6 nitrogen and oxygen atoms in total. The molecule has 2 rings (SSSR count). The second-order valence-electron chi connectivity index (χ2n) is 7.50. The molecule has 1 aliphatic heterocycles. The summed E-state index contributed by atoms with van der Waals surface area (Å²) in [4.78, 5) is 25.4. The lowest BCUT2D eigenvalue weighted by Crippen LogP contribution is -2.51. The first-order valence-electron chi connectivity index (χ1n) is 8.46. The number of amides is 1. The maximum Gasteiger partial charge on any atom is 0.410 e. The summed E-state index contributed by atoms with van der Waals surface area (Å²) >= 11 is 0. The lowest BCUT2D eigenvalue weighted by molar-refractivity contribution is -0.142. The lowest BCUT2D eigenvalue weighted by atomic mass is 9.64. The number of carbonyl (C=O) groups excluding carboxylic acids is 1. The minimum atomic E-state index is -1.40. The van der Waals surface area contributed by atoms with Crippen molar-refractivity contribution in [2.24, 2.45) is 5.92 Å². The molecular weight excluding hydrogens is 339 g/mol. The highest BCUT2D eigenvalue weighted by molar-refractivity contribution is 5.76. The maximum atomic E-state index is 14.4. The Morgan fingerprint density at radius 3 is 2.35 bits per heavy atom. The van der Waals surface area contributed by atoms with Gasteiger partial charge in [-0.3, -0.25) is 4.79 Å². The van der Waals surface area contributed by atoms with Gasteiger partial charge in [0.05, 0.1) is 6.07 Å². The van der Waals surface area contributed by atoms with E-state index in [0.717, 1.165) is 0 Å². The number of carbonyl (C=O) groups is 2. The zero-order valence-corrected chi connectivity index (χ0v) is 15.2. The molecule has 140 valence electrons. The lowest BCUT2D eigenvalue weighted by Gasteiger charge is -2.43. The van der Waals surface area contributed by atoms with Crippen LogP contribution >= 0.6 is 0 Å². The van der Waals surface area contributed by atoms with E-state index in [1.165, 1.54) is 23.1 Å². The number of halogens is 1. The Morgan fingerprint density at radius 1 is 1.31 bits per heavy atom. The number of aliphatic carboxylic acids is 1. The van der Waals surface area contributed by atoms with E-state index in [4.69, 9.17) is 4.74 Å². The molecule has 0 aliphatic carbocycles. The van der Waals surface area contributed by atoms with Gasteiger partial charge in [-0.2, -0.15) is 5.26 Å². The highest BCUT2D eigenvalue weighted by atomic mass is 19.1. The van der Waals surface area contributed by atoms with Crippen molar-refractivity contribution in [2.45, 2.75) is 44.6 Å². The van der Waals surface area contributed by atoms with E-state index in [1.54, 1.807) is 26.8 Å². The summed E-state index contributed by atoms with van der Waals surface area (Å²) in [6.07, 6.45) is -0.168. The summed E-state index contributed by atoms with van der Waals surface area (Å²) in [5, 5.41) is 19.0. The van der Waals surface area contributed by atoms with E-state index in [-0.39, 0.29) is 31.5 Å². The van der Waals surface area contributed by atoms with Crippen molar-refractivity contribution in [1.29, 1.82) is 5.26 Å². The number of nitrogens with zero attached hydrogens (tertiary/aromatic N) is 2. The fourth-order valence-corrected chi connectivity index (χ4v) is 3.41. The molecule has 1 aliphatic rings. The van der Waals surface area contributed by atoms with Gasteiger partial charge >= 0.3 is 12.1 Å². The second-order valence-corrected chi connectivity index (χ2v) is 7.50. The Kier molecular flexibility index (Phi) is 5.55. The van der Waals surface area contributed by atoms with Crippen molar-refractivity contribution in [3.05, 3.63) is 35.6 Å². The number of likely N-dealkylation sites (tertiary alicyclic amines) is 1. The number of piperidine rings is 1. The number of ether oxygens (including phenoxy) is 1. The number of rotatable bonds is 3. The van der Waals surface area contributed by atoms with E-state index < -0.39 is 34.8 Å². The van der Waals surface area contributed by atoms with Crippen LogP contribution in [0.3, 0.4) is 0 Å². The average Bonchev–Trinajstić information content (AvgIpc) is 2.54. The topological polar surface area (TPSA) is 90.6 Å². The van der Waals surface area contributed by atoms with Crippen LogP contribution in [0.1, 0.15) is 39.2 Å².